The summed E-state index contributed by atoms with van der Waals surface area (Å²) in [5.41, 5.74) is 0.990. The molecule has 0 fully saturated rings. The van der Waals surface area contributed by atoms with Crippen LogP contribution in [0, 0.1) is 6.92 Å². The molecule has 0 aliphatic rings. The van der Waals surface area contributed by atoms with Crippen LogP contribution in [0.1, 0.15) is 23.7 Å². The summed E-state index contributed by atoms with van der Waals surface area (Å²) in [6.45, 7) is 5.47. The molecule has 0 aliphatic heterocycles. The molecule has 1 amide bonds. The molecule has 0 radical (unpaired) electrons. The van der Waals surface area contributed by atoms with Gasteiger partial charge < -0.3 is 15.4 Å². The van der Waals surface area contributed by atoms with Crippen LogP contribution in [0.25, 0.3) is 0 Å². The zero-order valence-electron chi connectivity index (χ0n) is 10.4. The third-order valence-electron chi connectivity index (χ3n) is 2.15. The lowest BCUT2D eigenvalue weighted by Crippen LogP contribution is -2.36. The van der Waals surface area contributed by atoms with Crippen molar-refractivity contribution in [2.75, 3.05) is 26.8 Å². The molecule has 2 N–H and O–H groups in total. The number of aryl methyl sites for hydroxylation is 1. The number of thiazole rings is 1. The molecule has 5 nitrogen and oxygen atoms in total. The molecule has 0 saturated carbocycles. The molecule has 6 heteroatoms. The van der Waals surface area contributed by atoms with Crippen molar-refractivity contribution < 1.29 is 9.53 Å². The lowest BCUT2D eigenvalue weighted by atomic mass is 10.3. The van der Waals surface area contributed by atoms with Crippen molar-refractivity contribution in [2.24, 2.45) is 0 Å². The molecule has 0 aromatic carbocycles. The number of aromatic nitrogens is 1. The second-order valence-electron chi connectivity index (χ2n) is 3.79. The molecule has 1 aromatic heterocycles. The number of rotatable bonds is 7. The third-order valence-corrected chi connectivity index (χ3v) is 3.30. The van der Waals surface area contributed by atoms with Gasteiger partial charge in [-0.3, -0.25) is 4.79 Å². The Kier molecular flexibility index (Phi) is 6.10. The Bertz CT molecular complexity index is 354. The van der Waals surface area contributed by atoms with Gasteiger partial charge in [0, 0.05) is 24.7 Å². The van der Waals surface area contributed by atoms with Gasteiger partial charge in [-0.2, -0.15) is 0 Å². The van der Waals surface area contributed by atoms with Gasteiger partial charge in [-0.15, -0.1) is 11.3 Å². The molecule has 0 bridgehead atoms. The lowest BCUT2D eigenvalue weighted by Gasteiger charge is -2.11. The molecule has 1 rings (SSSR count). The maximum atomic E-state index is 11.6. The van der Waals surface area contributed by atoms with E-state index in [1.54, 1.807) is 18.4 Å². The SMILES string of the molecule is COCCNCC(=O)NC(C)c1nc(C)cs1. The third kappa shape index (κ3) is 5.25. The summed E-state index contributed by atoms with van der Waals surface area (Å²) < 4.78 is 4.87. The highest BCUT2D eigenvalue weighted by molar-refractivity contribution is 7.09. The zero-order chi connectivity index (χ0) is 12.7. The summed E-state index contributed by atoms with van der Waals surface area (Å²) in [4.78, 5) is 15.9. The summed E-state index contributed by atoms with van der Waals surface area (Å²) in [5.74, 6) is -0.0264. The van der Waals surface area contributed by atoms with Gasteiger partial charge in [-0.1, -0.05) is 0 Å². The van der Waals surface area contributed by atoms with Gasteiger partial charge in [0.2, 0.25) is 5.91 Å². The normalized spacial score (nSPS) is 12.4. The first-order valence-electron chi connectivity index (χ1n) is 5.54. The van der Waals surface area contributed by atoms with Crippen LogP contribution in [-0.4, -0.2) is 37.7 Å². The van der Waals surface area contributed by atoms with Gasteiger partial charge in [0.05, 0.1) is 19.2 Å². The van der Waals surface area contributed by atoms with Crippen LogP contribution in [0.2, 0.25) is 0 Å². The highest BCUT2D eigenvalue weighted by Gasteiger charge is 2.11. The molecule has 0 aliphatic carbocycles. The van der Waals surface area contributed by atoms with E-state index in [4.69, 9.17) is 4.74 Å². The summed E-state index contributed by atoms with van der Waals surface area (Å²) >= 11 is 1.57. The van der Waals surface area contributed by atoms with Crippen molar-refractivity contribution in [3.05, 3.63) is 16.1 Å². The fraction of sp³-hybridized carbons (Fsp3) is 0.636. The van der Waals surface area contributed by atoms with E-state index >= 15 is 0 Å². The molecule has 1 aromatic rings. The molecule has 1 atom stereocenters. The van der Waals surface area contributed by atoms with Crippen LogP contribution in [0.3, 0.4) is 0 Å². The van der Waals surface area contributed by atoms with E-state index in [9.17, 15) is 4.79 Å². The lowest BCUT2D eigenvalue weighted by molar-refractivity contribution is -0.120. The number of hydrogen-bond acceptors (Lipinski definition) is 5. The maximum Gasteiger partial charge on any atom is 0.234 e. The minimum absolute atomic E-state index is 0.0264. The Morgan fingerprint density at radius 1 is 1.65 bits per heavy atom. The number of nitrogens with one attached hydrogen (secondary N) is 2. The first kappa shape index (κ1) is 14.1. The van der Waals surface area contributed by atoms with Crippen molar-refractivity contribution >= 4 is 17.2 Å². The number of methoxy groups -OCH3 is 1. The fourth-order valence-corrected chi connectivity index (χ4v) is 2.11. The largest absolute Gasteiger partial charge is 0.383 e. The molecule has 96 valence electrons. The van der Waals surface area contributed by atoms with Crippen LogP contribution < -0.4 is 10.6 Å². The average molecular weight is 257 g/mol. The van der Waals surface area contributed by atoms with Crippen LogP contribution in [-0.2, 0) is 9.53 Å². The predicted molar refractivity (Wildman–Crippen MR) is 68.2 cm³/mol. The van der Waals surface area contributed by atoms with E-state index in [0.717, 1.165) is 10.7 Å². The van der Waals surface area contributed by atoms with Crippen molar-refractivity contribution in [1.29, 1.82) is 0 Å². The van der Waals surface area contributed by atoms with Crippen LogP contribution in [0.5, 0.6) is 0 Å². The van der Waals surface area contributed by atoms with Crippen molar-refractivity contribution in [1.82, 2.24) is 15.6 Å². The van der Waals surface area contributed by atoms with Crippen molar-refractivity contribution in [2.45, 2.75) is 19.9 Å². The number of nitrogens with zero attached hydrogens (tertiary/aromatic N) is 1. The smallest absolute Gasteiger partial charge is 0.234 e. The Morgan fingerprint density at radius 3 is 3.00 bits per heavy atom. The number of hydrogen-bond donors (Lipinski definition) is 2. The van der Waals surface area contributed by atoms with Gasteiger partial charge in [0.1, 0.15) is 5.01 Å². The Labute approximate surface area is 106 Å². The molecule has 17 heavy (non-hydrogen) atoms. The zero-order valence-corrected chi connectivity index (χ0v) is 11.3. The minimum Gasteiger partial charge on any atom is -0.383 e. The van der Waals surface area contributed by atoms with E-state index in [0.29, 0.717) is 19.7 Å². The molecular weight excluding hydrogens is 238 g/mol. The van der Waals surface area contributed by atoms with Crippen molar-refractivity contribution in [3.63, 3.8) is 0 Å². The summed E-state index contributed by atoms with van der Waals surface area (Å²) in [6, 6.07) is -0.0366. The van der Waals surface area contributed by atoms with Gasteiger partial charge in [0.25, 0.3) is 0 Å². The summed E-state index contributed by atoms with van der Waals surface area (Å²) in [6.07, 6.45) is 0. The topological polar surface area (TPSA) is 63.2 Å². The van der Waals surface area contributed by atoms with Gasteiger partial charge in [-0.25, -0.2) is 4.98 Å². The highest BCUT2D eigenvalue weighted by Crippen LogP contribution is 2.16. The Balaban J connectivity index is 2.26. The average Bonchev–Trinajstić information content (AvgIpc) is 2.71. The monoisotopic (exact) mass is 257 g/mol. The first-order chi connectivity index (χ1) is 8.13. The van der Waals surface area contributed by atoms with E-state index in [1.807, 2.05) is 19.2 Å². The number of amides is 1. The van der Waals surface area contributed by atoms with Gasteiger partial charge in [0.15, 0.2) is 0 Å². The van der Waals surface area contributed by atoms with Gasteiger partial charge in [-0.05, 0) is 13.8 Å². The van der Waals surface area contributed by atoms with Crippen LogP contribution in [0.15, 0.2) is 5.38 Å². The molecule has 0 saturated heterocycles. The number of carbonyl (C=O) groups excluding carboxylic acids is 1. The second-order valence-corrected chi connectivity index (χ2v) is 4.68. The van der Waals surface area contributed by atoms with Crippen LogP contribution in [0.4, 0.5) is 0 Å². The van der Waals surface area contributed by atoms with Crippen molar-refractivity contribution in [3.8, 4) is 0 Å². The van der Waals surface area contributed by atoms with E-state index < -0.39 is 0 Å². The summed E-state index contributed by atoms with van der Waals surface area (Å²) in [7, 11) is 1.63. The minimum atomic E-state index is -0.0366. The molecule has 0 spiro atoms. The highest BCUT2D eigenvalue weighted by atomic mass is 32.1. The maximum absolute atomic E-state index is 11.6. The van der Waals surface area contributed by atoms with Crippen LogP contribution >= 0.6 is 11.3 Å². The summed E-state index contributed by atoms with van der Waals surface area (Å²) in [5, 5.41) is 8.80. The molecular formula is C11H19N3O2S. The Hall–Kier alpha value is -0.980. The first-order valence-corrected chi connectivity index (χ1v) is 6.42. The Morgan fingerprint density at radius 2 is 2.41 bits per heavy atom. The molecule has 1 unspecified atom stereocenters. The standard InChI is InChI=1S/C11H19N3O2S/c1-8-7-17-11(13-8)9(2)14-10(15)6-12-4-5-16-3/h7,9,12H,4-6H2,1-3H3,(H,14,15). The fourth-order valence-electron chi connectivity index (χ4n) is 1.30. The van der Waals surface area contributed by atoms with E-state index in [2.05, 4.69) is 15.6 Å². The second kappa shape index (κ2) is 7.37. The predicted octanol–water partition coefficient (Wildman–Crippen LogP) is 0.865. The van der Waals surface area contributed by atoms with E-state index in [-0.39, 0.29) is 11.9 Å². The number of ether oxygens (including phenoxy) is 1. The number of carbonyl (C=O) groups is 1. The van der Waals surface area contributed by atoms with E-state index in [1.165, 1.54) is 0 Å². The molecule has 1 heterocycles. The quantitative estimate of drug-likeness (QED) is 0.711. The van der Waals surface area contributed by atoms with Gasteiger partial charge >= 0.3 is 0 Å².